The molecule has 1 fully saturated rings. The molecule has 0 radical (unpaired) electrons. The van der Waals surface area contributed by atoms with Crippen LogP contribution in [0.2, 0.25) is 0 Å². The zero-order valence-electron chi connectivity index (χ0n) is 9.62. The number of hydrogen-bond donors (Lipinski definition) is 2. The van der Waals surface area contributed by atoms with E-state index in [1.54, 1.807) is 0 Å². The molecule has 0 atom stereocenters. The van der Waals surface area contributed by atoms with Crippen molar-refractivity contribution in [3.8, 4) is 0 Å². The molecule has 0 aromatic carbocycles. The number of nitrogens with two attached hydrogens (primary N) is 1. The molecule has 1 aliphatic rings. The van der Waals surface area contributed by atoms with Gasteiger partial charge in [-0.3, -0.25) is 0 Å². The molecule has 1 saturated carbocycles. The fraction of sp³-hybridized carbons (Fsp3) is 1.00. The summed E-state index contributed by atoms with van der Waals surface area (Å²) in [4.78, 5) is 0. The Kier molecular flexibility index (Phi) is 4.14. The Bertz CT molecular complexity index is 293. The molecule has 0 unspecified atom stereocenters. The lowest BCUT2D eigenvalue weighted by Crippen LogP contribution is -2.40. The van der Waals surface area contributed by atoms with Crippen LogP contribution in [0.5, 0.6) is 0 Å². The highest BCUT2D eigenvalue weighted by molar-refractivity contribution is 7.87. The van der Waals surface area contributed by atoms with E-state index in [1.165, 1.54) is 12.8 Å². The van der Waals surface area contributed by atoms with Gasteiger partial charge in [0, 0.05) is 6.54 Å². The molecule has 15 heavy (non-hydrogen) atoms. The van der Waals surface area contributed by atoms with E-state index >= 15 is 0 Å². The van der Waals surface area contributed by atoms with Gasteiger partial charge in [0.05, 0.1) is 0 Å². The van der Waals surface area contributed by atoms with Crippen molar-refractivity contribution in [1.82, 2.24) is 4.72 Å². The summed E-state index contributed by atoms with van der Waals surface area (Å²) in [5.41, 5.74) is 0.153. The minimum absolute atomic E-state index is 0.153. The molecular formula is C10H22N2O2S. The Labute approximate surface area is 92.8 Å². The maximum atomic E-state index is 10.9. The van der Waals surface area contributed by atoms with Gasteiger partial charge >= 0.3 is 0 Å². The Hall–Kier alpha value is -0.130. The highest BCUT2D eigenvalue weighted by Gasteiger charge is 2.34. The van der Waals surface area contributed by atoms with Gasteiger partial charge in [-0.15, -0.1) is 0 Å². The summed E-state index contributed by atoms with van der Waals surface area (Å²) in [6, 6.07) is 0. The lowest BCUT2D eigenvalue weighted by Gasteiger charge is -2.30. The monoisotopic (exact) mass is 234 g/mol. The fourth-order valence-corrected chi connectivity index (χ4v) is 3.21. The molecular weight excluding hydrogens is 212 g/mol. The maximum absolute atomic E-state index is 10.9. The first-order valence-corrected chi connectivity index (χ1v) is 7.15. The van der Waals surface area contributed by atoms with E-state index in [2.05, 4.69) is 18.6 Å². The molecule has 0 aromatic heterocycles. The Morgan fingerprint density at radius 1 is 1.33 bits per heavy atom. The first kappa shape index (κ1) is 12.9. The summed E-state index contributed by atoms with van der Waals surface area (Å²) in [6.07, 6.45) is 5.73. The fourth-order valence-electron chi connectivity index (χ4n) is 2.70. The van der Waals surface area contributed by atoms with Crippen LogP contribution in [0.3, 0.4) is 0 Å². The van der Waals surface area contributed by atoms with Gasteiger partial charge in [-0.2, -0.15) is 8.42 Å². The van der Waals surface area contributed by atoms with Gasteiger partial charge in [0.1, 0.15) is 0 Å². The van der Waals surface area contributed by atoms with Crippen molar-refractivity contribution in [3.63, 3.8) is 0 Å². The highest BCUT2D eigenvalue weighted by Crippen LogP contribution is 2.42. The van der Waals surface area contributed by atoms with Gasteiger partial charge in [-0.1, -0.05) is 26.7 Å². The van der Waals surface area contributed by atoms with E-state index in [0.29, 0.717) is 12.5 Å². The van der Waals surface area contributed by atoms with Gasteiger partial charge in [0.15, 0.2) is 0 Å². The van der Waals surface area contributed by atoms with Gasteiger partial charge in [-0.05, 0) is 30.6 Å². The first-order chi connectivity index (χ1) is 6.83. The molecule has 0 saturated heterocycles. The third-order valence-corrected chi connectivity index (χ3v) is 3.70. The van der Waals surface area contributed by atoms with Crippen molar-refractivity contribution in [2.24, 2.45) is 16.5 Å². The van der Waals surface area contributed by atoms with Crippen LogP contribution in [0.15, 0.2) is 0 Å². The summed E-state index contributed by atoms with van der Waals surface area (Å²) >= 11 is 0. The van der Waals surface area contributed by atoms with Crippen molar-refractivity contribution in [2.45, 2.75) is 46.0 Å². The zero-order valence-corrected chi connectivity index (χ0v) is 10.4. The highest BCUT2D eigenvalue weighted by atomic mass is 32.2. The smallest absolute Gasteiger partial charge is 0.216 e. The molecule has 90 valence electrons. The van der Waals surface area contributed by atoms with E-state index in [9.17, 15) is 8.42 Å². The molecule has 0 aliphatic heterocycles. The van der Waals surface area contributed by atoms with Gasteiger partial charge in [0.2, 0.25) is 0 Å². The summed E-state index contributed by atoms with van der Waals surface area (Å²) in [6.45, 7) is 4.86. The van der Waals surface area contributed by atoms with Gasteiger partial charge in [0.25, 0.3) is 10.2 Å². The second-order valence-electron chi connectivity index (χ2n) is 5.17. The second-order valence-corrected chi connectivity index (χ2v) is 6.55. The summed E-state index contributed by atoms with van der Waals surface area (Å²) in [5, 5.41) is 4.96. The molecule has 0 spiro atoms. The van der Waals surface area contributed by atoms with E-state index in [0.717, 1.165) is 19.3 Å². The second kappa shape index (κ2) is 4.80. The Morgan fingerprint density at radius 3 is 2.27 bits per heavy atom. The number of nitrogens with one attached hydrogen (secondary N) is 1. The third kappa shape index (κ3) is 4.49. The van der Waals surface area contributed by atoms with Crippen molar-refractivity contribution < 1.29 is 8.42 Å². The van der Waals surface area contributed by atoms with Gasteiger partial charge in [-0.25, -0.2) is 9.86 Å². The first-order valence-electron chi connectivity index (χ1n) is 5.60. The van der Waals surface area contributed by atoms with Crippen LogP contribution in [-0.2, 0) is 10.2 Å². The summed E-state index contributed by atoms with van der Waals surface area (Å²) < 4.78 is 24.2. The predicted molar refractivity (Wildman–Crippen MR) is 61.5 cm³/mol. The van der Waals surface area contributed by atoms with Crippen LogP contribution in [-0.4, -0.2) is 15.0 Å². The summed E-state index contributed by atoms with van der Waals surface area (Å²) in [7, 11) is -3.54. The normalized spacial score (nSPS) is 21.1. The van der Waals surface area contributed by atoms with Crippen LogP contribution < -0.4 is 9.86 Å². The molecule has 0 heterocycles. The van der Waals surface area contributed by atoms with E-state index < -0.39 is 10.2 Å². The van der Waals surface area contributed by atoms with E-state index in [1.807, 2.05) is 0 Å². The summed E-state index contributed by atoms with van der Waals surface area (Å²) in [5.74, 6) is 0.602. The molecule has 1 aliphatic carbocycles. The van der Waals surface area contributed by atoms with Gasteiger partial charge < -0.3 is 0 Å². The van der Waals surface area contributed by atoms with Crippen LogP contribution in [0.25, 0.3) is 0 Å². The van der Waals surface area contributed by atoms with Crippen molar-refractivity contribution in [3.05, 3.63) is 0 Å². The molecule has 0 amide bonds. The average Bonchev–Trinajstić information content (AvgIpc) is 2.48. The van der Waals surface area contributed by atoms with E-state index in [4.69, 9.17) is 5.14 Å². The van der Waals surface area contributed by atoms with Crippen LogP contribution in [0, 0.1) is 11.3 Å². The molecule has 0 bridgehead atoms. The Morgan fingerprint density at radius 2 is 1.87 bits per heavy atom. The minimum atomic E-state index is -3.54. The molecule has 0 aromatic rings. The number of rotatable bonds is 5. The molecule has 4 nitrogen and oxygen atoms in total. The van der Waals surface area contributed by atoms with E-state index in [-0.39, 0.29) is 5.41 Å². The topological polar surface area (TPSA) is 72.2 Å². The molecule has 5 heteroatoms. The minimum Gasteiger partial charge on any atom is -0.216 e. The van der Waals surface area contributed by atoms with Crippen LogP contribution in [0.4, 0.5) is 0 Å². The average molecular weight is 234 g/mol. The van der Waals surface area contributed by atoms with Crippen molar-refractivity contribution in [2.75, 3.05) is 6.54 Å². The Balaban J connectivity index is 2.58. The molecule has 1 rings (SSSR count). The molecule has 3 N–H and O–H groups in total. The lowest BCUT2D eigenvalue weighted by atomic mass is 9.79. The lowest BCUT2D eigenvalue weighted by molar-refractivity contribution is 0.236. The maximum Gasteiger partial charge on any atom is 0.274 e. The number of hydrogen-bond acceptors (Lipinski definition) is 2. The van der Waals surface area contributed by atoms with Crippen LogP contribution >= 0.6 is 0 Å². The van der Waals surface area contributed by atoms with Crippen molar-refractivity contribution in [1.29, 1.82) is 0 Å². The standard InChI is InChI=1S/C10H22N2O2S/c1-9(2)7-10(5-3-4-6-10)8-12-15(11,13)14/h9,12H,3-8H2,1-2H3,(H2,11,13,14). The van der Waals surface area contributed by atoms with Crippen molar-refractivity contribution >= 4 is 10.2 Å². The third-order valence-electron chi connectivity index (χ3n) is 3.15. The zero-order chi connectivity index (χ0) is 11.5. The van der Waals surface area contributed by atoms with Crippen LogP contribution in [0.1, 0.15) is 46.0 Å². The predicted octanol–water partition coefficient (Wildman–Crippen LogP) is 1.39. The quantitative estimate of drug-likeness (QED) is 0.754. The SMILES string of the molecule is CC(C)CC1(CNS(N)(=O)=O)CCCC1. The largest absolute Gasteiger partial charge is 0.274 e.